The molecule has 3 nitrogen and oxygen atoms in total. The highest BCUT2D eigenvalue weighted by Gasteiger charge is 2.21. The van der Waals surface area contributed by atoms with Crippen molar-refractivity contribution >= 4 is 0 Å². The Hall–Kier alpha value is -0.120. The molecule has 0 aromatic heterocycles. The van der Waals surface area contributed by atoms with Crippen LogP contribution in [0.2, 0.25) is 0 Å². The lowest BCUT2D eigenvalue weighted by Gasteiger charge is -2.17. The van der Waals surface area contributed by atoms with E-state index in [1.165, 1.54) is 38.8 Å². The van der Waals surface area contributed by atoms with Crippen LogP contribution in [-0.4, -0.2) is 50.3 Å². The molecule has 0 saturated carbocycles. The SMILES string of the molecule is CCCNC(C)CCCN1CCC(OC)C1. The van der Waals surface area contributed by atoms with Gasteiger partial charge < -0.3 is 15.0 Å². The zero-order valence-corrected chi connectivity index (χ0v) is 11.2. The summed E-state index contributed by atoms with van der Waals surface area (Å²) in [4.78, 5) is 2.53. The second-order valence-electron chi connectivity index (χ2n) is 4.94. The van der Waals surface area contributed by atoms with Crippen LogP contribution in [0.1, 0.15) is 39.5 Å². The normalized spacial score (nSPS) is 23.8. The molecule has 0 bridgehead atoms. The molecule has 0 aliphatic carbocycles. The Balaban J connectivity index is 1.98. The quantitative estimate of drug-likeness (QED) is 0.686. The van der Waals surface area contributed by atoms with Gasteiger partial charge in [-0.15, -0.1) is 0 Å². The predicted octanol–water partition coefficient (Wildman–Crippen LogP) is 1.88. The molecule has 1 fully saturated rings. The van der Waals surface area contributed by atoms with Crippen LogP contribution in [0.4, 0.5) is 0 Å². The van der Waals surface area contributed by atoms with Crippen LogP contribution in [0.25, 0.3) is 0 Å². The average Bonchev–Trinajstić information content (AvgIpc) is 2.74. The number of nitrogens with one attached hydrogen (secondary N) is 1. The third-order valence-corrected chi connectivity index (χ3v) is 3.42. The van der Waals surface area contributed by atoms with Crippen molar-refractivity contribution < 1.29 is 4.74 Å². The summed E-state index contributed by atoms with van der Waals surface area (Å²) in [5.74, 6) is 0. The standard InChI is InChI=1S/C13H28N2O/c1-4-8-14-12(2)6-5-9-15-10-7-13(11-15)16-3/h12-14H,4-11H2,1-3H3. The van der Waals surface area contributed by atoms with E-state index in [1.807, 2.05) is 7.11 Å². The summed E-state index contributed by atoms with van der Waals surface area (Å²) < 4.78 is 5.37. The van der Waals surface area contributed by atoms with Gasteiger partial charge in [-0.05, 0) is 45.7 Å². The monoisotopic (exact) mass is 228 g/mol. The lowest BCUT2D eigenvalue weighted by Crippen LogP contribution is -2.29. The van der Waals surface area contributed by atoms with Gasteiger partial charge in [0.1, 0.15) is 0 Å². The number of ether oxygens (including phenoxy) is 1. The molecule has 2 atom stereocenters. The molecule has 0 amide bonds. The number of nitrogens with zero attached hydrogens (tertiary/aromatic N) is 1. The third-order valence-electron chi connectivity index (χ3n) is 3.42. The lowest BCUT2D eigenvalue weighted by molar-refractivity contribution is 0.108. The second-order valence-corrected chi connectivity index (χ2v) is 4.94. The molecule has 0 radical (unpaired) electrons. The average molecular weight is 228 g/mol. The maximum Gasteiger partial charge on any atom is 0.0710 e. The van der Waals surface area contributed by atoms with E-state index in [2.05, 4.69) is 24.1 Å². The molecule has 0 aromatic carbocycles. The largest absolute Gasteiger partial charge is 0.380 e. The van der Waals surface area contributed by atoms with Crippen LogP contribution >= 0.6 is 0 Å². The lowest BCUT2D eigenvalue weighted by atomic mass is 10.2. The Bertz CT molecular complexity index is 175. The van der Waals surface area contributed by atoms with Gasteiger partial charge in [0.25, 0.3) is 0 Å². The van der Waals surface area contributed by atoms with Gasteiger partial charge in [0, 0.05) is 26.2 Å². The minimum atomic E-state index is 0.482. The van der Waals surface area contributed by atoms with Crippen LogP contribution in [0.15, 0.2) is 0 Å². The Kier molecular flexibility index (Phi) is 7.01. The highest BCUT2D eigenvalue weighted by atomic mass is 16.5. The Morgan fingerprint density at radius 3 is 2.94 bits per heavy atom. The van der Waals surface area contributed by atoms with Crippen molar-refractivity contribution in [2.24, 2.45) is 0 Å². The Labute approximate surface area is 101 Å². The van der Waals surface area contributed by atoms with Crippen molar-refractivity contribution in [2.75, 3.05) is 33.3 Å². The zero-order valence-electron chi connectivity index (χ0n) is 11.2. The summed E-state index contributed by atoms with van der Waals surface area (Å²) in [7, 11) is 1.82. The topological polar surface area (TPSA) is 24.5 Å². The first kappa shape index (κ1) is 13.9. The van der Waals surface area contributed by atoms with E-state index in [9.17, 15) is 0 Å². The summed E-state index contributed by atoms with van der Waals surface area (Å²) in [5, 5.41) is 3.53. The molecule has 1 heterocycles. The van der Waals surface area contributed by atoms with Crippen LogP contribution < -0.4 is 5.32 Å². The number of likely N-dealkylation sites (tertiary alicyclic amines) is 1. The smallest absolute Gasteiger partial charge is 0.0710 e. The van der Waals surface area contributed by atoms with Crippen LogP contribution in [0.5, 0.6) is 0 Å². The molecule has 1 aliphatic rings. The van der Waals surface area contributed by atoms with E-state index < -0.39 is 0 Å². The first-order valence-corrected chi connectivity index (χ1v) is 6.74. The molecule has 2 unspecified atom stereocenters. The molecule has 3 heteroatoms. The van der Waals surface area contributed by atoms with Crippen molar-refractivity contribution in [1.82, 2.24) is 10.2 Å². The van der Waals surface area contributed by atoms with Crippen molar-refractivity contribution in [2.45, 2.75) is 51.7 Å². The predicted molar refractivity (Wildman–Crippen MR) is 68.8 cm³/mol. The fourth-order valence-corrected chi connectivity index (χ4v) is 2.31. The summed E-state index contributed by atoms with van der Waals surface area (Å²) in [6.07, 6.45) is 5.50. The summed E-state index contributed by atoms with van der Waals surface area (Å²) in [6, 6.07) is 0.667. The molecule has 1 saturated heterocycles. The summed E-state index contributed by atoms with van der Waals surface area (Å²) in [6.45, 7) is 9.24. The van der Waals surface area contributed by atoms with Gasteiger partial charge in [0.15, 0.2) is 0 Å². The van der Waals surface area contributed by atoms with Gasteiger partial charge >= 0.3 is 0 Å². The van der Waals surface area contributed by atoms with E-state index in [-0.39, 0.29) is 0 Å². The van der Waals surface area contributed by atoms with Crippen LogP contribution in [-0.2, 0) is 4.74 Å². The molecule has 16 heavy (non-hydrogen) atoms. The minimum Gasteiger partial charge on any atom is -0.380 e. The van der Waals surface area contributed by atoms with E-state index in [1.54, 1.807) is 0 Å². The Morgan fingerprint density at radius 1 is 1.50 bits per heavy atom. The molecular formula is C13H28N2O. The molecule has 1 aliphatic heterocycles. The van der Waals surface area contributed by atoms with E-state index in [0.717, 1.165) is 13.1 Å². The van der Waals surface area contributed by atoms with Crippen molar-refractivity contribution in [3.05, 3.63) is 0 Å². The molecule has 0 aromatic rings. The molecule has 1 rings (SSSR count). The third kappa shape index (κ3) is 5.28. The fourth-order valence-electron chi connectivity index (χ4n) is 2.31. The van der Waals surface area contributed by atoms with Gasteiger partial charge in [-0.3, -0.25) is 0 Å². The highest BCUT2D eigenvalue weighted by molar-refractivity contribution is 4.75. The van der Waals surface area contributed by atoms with Crippen molar-refractivity contribution in [3.63, 3.8) is 0 Å². The van der Waals surface area contributed by atoms with E-state index >= 15 is 0 Å². The zero-order chi connectivity index (χ0) is 11.8. The van der Waals surface area contributed by atoms with Gasteiger partial charge in [0.2, 0.25) is 0 Å². The summed E-state index contributed by atoms with van der Waals surface area (Å²) >= 11 is 0. The first-order valence-electron chi connectivity index (χ1n) is 6.74. The van der Waals surface area contributed by atoms with Gasteiger partial charge in [0.05, 0.1) is 6.10 Å². The number of hydrogen-bond donors (Lipinski definition) is 1. The summed E-state index contributed by atoms with van der Waals surface area (Å²) in [5.41, 5.74) is 0. The van der Waals surface area contributed by atoms with Crippen LogP contribution in [0.3, 0.4) is 0 Å². The molecule has 1 N–H and O–H groups in total. The van der Waals surface area contributed by atoms with E-state index in [0.29, 0.717) is 12.1 Å². The molecule has 96 valence electrons. The highest BCUT2D eigenvalue weighted by Crippen LogP contribution is 2.12. The fraction of sp³-hybridized carbons (Fsp3) is 1.00. The first-order chi connectivity index (χ1) is 7.76. The Morgan fingerprint density at radius 2 is 2.31 bits per heavy atom. The molecule has 0 spiro atoms. The van der Waals surface area contributed by atoms with Gasteiger partial charge in [-0.2, -0.15) is 0 Å². The minimum absolute atomic E-state index is 0.482. The number of hydrogen-bond acceptors (Lipinski definition) is 3. The number of rotatable bonds is 8. The van der Waals surface area contributed by atoms with Crippen molar-refractivity contribution in [3.8, 4) is 0 Å². The maximum absolute atomic E-state index is 5.37. The van der Waals surface area contributed by atoms with Gasteiger partial charge in [-0.1, -0.05) is 6.92 Å². The molecular weight excluding hydrogens is 200 g/mol. The van der Waals surface area contributed by atoms with Crippen LogP contribution in [0, 0.1) is 0 Å². The van der Waals surface area contributed by atoms with E-state index in [4.69, 9.17) is 4.74 Å². The second kappa shape index (κ2) is 8.04. The van der Waals surface area contributed by atoms with Gasteiger partial charge in [-0.25, -0.2) is 0 Å². The maximum atomic E-state index is 5.37. The number of methoxy groups -OCH3 is 1. The van der Waals surface area contributed by atoms with Crippen molar-refractivity contribution in [1.29, 1.82) is 0 Å².